The minimum Gasteiger partial charge on any atom is -0.385 e. The predicted molar refractivity (Wildman–Crippen MR) is 69.5 cm³/mol. The third-order valence-corrected chi connectivity index (χ3v) is 3.83. The molecule has 1 N–H and O–H groups in total. The lowest BCUT2D eigenvalue weighted by molar-refractivity contribution is -0.0247. The summed E-state index contributed by atoms with van der Waals surface area (Å²) in [5.41, 5.74) is 0.361. The zero-order chi connectivity index (χ0) is 12.3. The van der Waals surface area contributed by atoms with Crippen LogP contribution in [0.15, 0.2) is 24.5 Å². The van der Waals surface area contributed by atoms with Crippen molar-refractivity contribution in [1.82, 2.24) is 4.98 Å². The van der Waals surface area contributed by atoms with Crippen molar-refractivity contribution in [2.75, 3.05) is 0 Å². The van der Waals surface area contributed by atoms with Gasteiger partial charge in [0.2, 0.25) is 0 Å². The zero-order valence-corrected chi connectivity index (χ0v) is 10.9. The highest BCUT2D eigenvalue weighted by molar-refractivity contribution is 5.18. The summed E-state index contributed by atoms with van der Waals surface area (Å²) in [6.07, 6.45) is 8.98. The fourth-order valence-corrected chi connectivity index (χ4v) is 3.13. The predicted octanol–water partition coefficient (Wildman–Crippen LogP) is 3.51. The molecule has 1 fully saturated rings. The van der Waals surface area contributed by atoms with E-state index in [2.05, 4.69) is 18.8 Å². The first-order valence-electron chi connectivity index (χ1n) is 6.73. The molecule has 1 heterocycles. The van der Waals surface area contributed by atoms with Gasteiger partial charge in [0.15, 0.2) is 0 Å². The normalized spacial score (nSPS) is 29.5. The van der Waals surface area contributed by atoms with Crippen molar-refractivity contribution < 1.29 is 5.11 Å². The molecule has 2 unspecified atom stereocenters. The summed E-state index contributed by atoms with van der Waals surface area (Å²) >= 11 is 0. The van der Waals surface area contributed by atoms with E-state index in [1.54, 1.807) is 6.20 Å². The zero-order valence-electron chi connectivity index (χ0n) is 10.9. The Hall–Kier alpha value is -0.890. The minimum absolute atomic E-state index is 0.633. The van der Waals surface area contributed by atoms with Crippen molar-refractivity contribution in [1.29, 1.82) is 0 Å². The lowest BCUT2D eigenvalue weighted by atomic mass is 9.72. The smallest absolute Gasteiger partial charge is 0.0914 e. The van der Waals surface area contributed by atoms with Crippen LogP contribution in [0.5, 0.6) is 0 Å². The highest BCUT2D eigenvalue weighted by atomic mass is 16.3. The van der Waals surface area contributed by atoms with Gasteiger partial charge in [0.05, 0.1) is 5.60 Å². The quantitative estimate of drug-likeness (QED) is 0.866. The van der Waals surface area contributed by atoms with Gasteiger partial charge in [-0.1, -0.05) is 26.3 Å². The number of rotatable bonds is 3. The molecule has 1 saturated carbocycles. The molecule has 2 nitrogen and oxygen atoms in total. The molecule has 1 aliphatic carbocycles. The molecule has 1 aliphatic rings. The Morgan fingerprint density at radius 3 is 3.00 bits per heavy atom. The first-order valence-corrected chi connectivity index (χ1v) is 6.73. The lowest BCUT2D eigenvalue weighted by Gasteiger charge is -2.37. The lowest BCUT2D eigenvalue weighted by Crippen LogP contribution is -2.33. The second-order valence-electron chi connectivity index (χ2n) is 5.87. The van der Waals surface area contributed by atoms with Gasteiger partial charge < -0.3 is 5.11 Å². The van der Waals surface area contributed by atoms with Crippen molar-refractivity contribution in [3.05, 3.63) is 30.1 Å². The van der Waals surface area contributed by atoms with Crippen LogP contribution in [0.25, 0.3) is 0 Å². The summed E-state index contributed by atoms with van der Waals surface area (Å²) in [4.78, 5) is 4.13. The average molecular weight is 233 g/mol. The number of pyridine rings is 1. The molecule has 17 heavy (non-hydrogen) atoms. The van der Waals surface area contributed by atoms with Gasteiger partial charge in [0, 0.05) is 18.0 Å². The fraction of sp³-hybridized carbons (Fsp3) is 0.667. The van der Waals surface area contributed by atoms with Crippen LogP contribution in [0.3, 0.4) is 0 Å². The molecule has 0 saturated heterocycles. The van der Waals surface area contributed by atoms with Crippen LogP contribution < -0.4 is 0 Å². The molecule has 0 aliphatic heterocycles. The van der Waals surface area contributed by atoms with E-state index in [9.17, 15) is 5.11 Å². The van der Waals surface area contributed by atoms with Gasteiger partial charge in [0.1, 0.15) is 0 Å². The summed E-state index contributed by atoms with van der Waals surface area (Å²) < 4.78 is 0. The van der Waals surface area contributed by atoms with E-state index < -0.39 is 5.60 Å². The van der Waals surface area contributed by atoms with Gasteiger partial charge in [0.25, 0.3) is 0 Å². The Morgan fingerprint density at radius 1 is 1.53 bits per heavy atom. The van der Waals surface area contributed by atoms with Gasteiger partial charge in [-0.25, -0.2) is 0 Å². The molecule has 1 aromatic heterocycles. The first-order chi connectivity index (χ1) is 8.10. The molecule has 0 spiro atoms. The van der Waals surface area contributed by atoms with Crippen LogP contribution in [-0.2, 0) is 5.60 Å². The van der Waals surface area contributed by atoms with E-state index in [1.807, 2.05) is 18.3 Å². The number of hydrogen-bond acceptors (Lipinski definition) is 2. The fourth-order valence-electron chi connectivity index (χ4n) is 3.13. The van der Waals surface area contributed by atoms with Crippen molar-refractivity contribution in [3.8, 4) is 0 Å². The molecule has 0 bridgehead atoms. The van der Waals surface area contributed by atoms with Crippen LogP contribution in [0.1, 0.15) is 51.5 Å². The Bertz CT molecular complexity index is 349. The Kier molecular flexibility index (Phi) is 3.82. The minimum atomic E-state index is -0.633. The van der Waals surface area contributed by atoms with E-state index >= 15 is 0 Å². The molecule has 2 heteroatoms. The standard InChI is InChI=1S/C15H23NO/c1-12(2)9-13-5-3-7-15(17,10-13)14-6-4-8-16-11-14/h4,6,8,11-13,17H,3,5,7,9-10H2,1-2H3. The molecule has 2 rings (SSSR count). The van der Waals surface area contributed by atoms with Crippen LogP contribution in [0.4, 0.5) is 0 Å². The SMILES string of the molecule is CC(C)CC1CCCC(O)(c2cccnc2)C1. The van der Waals surface area contributed by atoms with E-state index in [0.29, 0.717) is 5.92 Å². The molecule has 0 amide bonds. The average Bonchev–Trinajstić information content (AvgIpc) is 2.29. The Labute approximate surface area is 104 Å². The maximum atomic E-state index is 10.8. The molecular formula is C15H23NO. The van der Waals surface area contributed by atoms with Gasteiger partial charge >= 0.3 is 0 Å². The van der Waals surface area contributed by atoms with Crippen molar-refractivity contribution >= 4 is 0 Å². The summed E-state index contributed by atoms with van der Waals surface area (Å²) in [6.45, 7) is 4.52. The molecule has 1 aromatic rings. The molecular weight excluding hydrogens is 210 g/mol. The van der Waals surface area contributed by atoms with Gasteiger partial charge in [-0.05, 0) is 43.6 Å². The van der Waals surface area contributed by atoms with Crippen LogP contribution in [0.2, 0.25) is 0 Å². The highest BCUT2D eigenvalue weighted by Crippen LogP contribution is 2.41. The van der Waals surface area contributed by atoms with Crippen molar-refractivity contribution in [3.63, 3.8) is 0 Å². The second kappa shape index (κ2) is 5.18. The monoisotopic (exact) mass is 233 g/mol. The topological polar surface area (TPSA) is 33.1 Å². The van der Waals surface area contributed by atoms with Crippen molar-refractivity contribution in [2.24, 2.45) is 11.8 Å². The molecule has 0 aromatic carbocycles. The summed E-state index contributed by atoms with van der Waals surface area (Å²) in [5.74, 6) is 1.38. The number of aliphatic hydroxyl groups is 1. The van der Waals surface area contributed by atoms with E-state index in [4.69, 9.17) is 0 Å². The van der Waals surface area contributed by atoms with Gasteiger partial charge in [-0.3, -0.25) is 4.98 Å². The number of hydrogen-bond donors (Lipinski definition) is 1. The third kappa shape index (κ3) is 3.06. The maximum Gasteiger partial charge on any atom is 0.0914 e. The summed E-state index contributed by atoms with van der Waals surface area (Å²) in [5, 5.41) is 10.8. The second-order valence-corrected chi connectivity index (χ2v) is 5.87. The van der Waals surface area contributed by atoms with Crippen LogP contribution >= 0.6 is 0 Å². The Balaban J connectivity index is 2.10. The van der Waals surface area contributed by atoms with Crippen molar-refractivity contribution in [2.45, 2.75) is 51.6 Å². The Morgan fingerprint density at radius 2 is 2.35 bits per heavy atom. The first kappa shape index (κ1) is 12.6. The molecule has 94 valence electrons. The van der Waals surface area contributed by atoms with Crippen LogP contribution in [0, 0.1) is 11.8 Å². The maximum absolute atomic E-state index is 10.8. The summed E-state index contributed by atoms with van der Waals surface area (Å²) in [7, 11) is 0. The number of nitrogens with zero attached hydrogens (tertiary/aromatic N) is 1. The highest BCUT2D eigenvalue weighted by Gasteiger charge is 2.35. The van der Waals surface area contributed by atoms with Gasteiger partial charge in [-0.15, -0.1) is 0 Å². The van der Waals surface area contributed by atoms with Crippen LogP contribution in [-0.4, -0.2) is 10.1 Å². The van der Waals surface area contributed by atoms with E-state index in [-0.39, 0.29) is 0 Å². The van der Waals surface area contributed by atoms with E-state index in [1.165, 1.54) is 12.8 Å². The molecule has 0 radical (unpaired) electrons. The van der Waals surface area contributed by atoms with Gasteiger partial charge in [-0.2, -0.15) is 0 Å². The molecule has 2 atom stereocenters. The van der Waals surface area contributed by atoms with E-state index in [0.717, 1.165) is 30.7 Å². The largest absolute Gasteiger partial charge is 0.385 e. The third-order valence-electron chi connectivity index (χ3n) is 3.83. The summed E-state index contributed by atoms with van der Waals surface area (Å²) in [6, 6.07) is 3.92. The number of aromatic nitrogens is 1.